The molecule has 1 aliphatic rings. The monoisotopic (exact) mass is 364 g/mol. The van der Waals surface area contributed by atoms with Gasteiger partial charge in [0.25, 0.3) is 0 Å². The number of hydrogen-bond donors (Lipinski definition) is 1. The lowest BCUT2D eigenvalue weighted by molar-refractivity contribution is 0.0600. The predicted octanol–water partition coefficient (Wildman–Crippen LogP) is 2.38. The molecule has 5 nitrogen and oxygen atoms in total. The summed E-state index contributed by atoms with van der Waals surface area (Å²) in [4.78, 5) is 13.9. The Kier molecular flexibility index (Phi) is 11.0. The number of piperazine rings is 1. The highest BCUT2D eigenvalue weighted by Gasteiger charge is 2.14. The molecule has 1 N–H and O–H groups in total. The molecule has 0 aromatic heterocycles. The fourth-order valence-electron chi connectivity index (χ4n) is 2.52. The predicted molar refractivity (Wildman–Crippen MR) is 96.3 cm³/mol. The zero-order valence-electron chi connectivity index (χ0n) is 13.6. The van der Waals surface area contributed by atoms with E-state index in [-0.39, 0.29) is 30.8 Å². The van der Waals surface area contributed by atoms with Crippen molar-refractivity contribution in [2.75, 3.05) is 39.9 Å². The van der Waals surface area contributed by atoms with Crippen LogP contribution in [0.15, 0.2) is 24.3 Å². The zero-order chi connectivity index (χ0) is 15.1. The molecule has 1 atom stereocenters. The molecule has 0 amide bonds. The van der Waals surface area contributed by atoms with Gasteiger partial charge in [0, 0.05) is 32.2 Å². The molecule has 1 aliphatic heterocycles. The average molecular weight is 365 g/mol. The molecule has 0 saturated carbocycles. The van der Waals surface area contributed by atoms with Gasteiger partial charge in [-0.1, -0.05) is 6.07 Å². The summed E-state index contributed by atoms with van der Waals surface area (Å²) in [6, 6.07) is 7.68. The molecule has 1 fully saturated rings. The van der Waals surface area contributed by atoms with Crippen molar-refractivity contribution in [3.05, 3.63) is 29.8 Å². The van der Waals surface area contributed by atoms with Crippen LogP contribution in [0.2, 0.25) is 0 Å². The van der Waals surface area contributed by atoms with E-state index >= 15 is 0 Å². The highest BCUT2D eigenvalue weighted by molar-refractivity contribution is 5.89. The Balaban J connectivity index is 0.00000242. The first-order chi connectivity index (χ1) is 10.2. The SMILES string of the molecule is COC(=O)c1cccc(OCCCN2CCN[C@@H](C)C2)c1.Cl.Cl. The lowest BCUT2D eigenvalue weighted by Crippen LogP contribution is -2.49. The Morgan fingerprint density at radius 1 is 1.39 bits per heavy atom. The van der Waals surface area contributed by atoms with Crippen LogP contribution in [0.4, 0.5) is 0 Å². The van der Waals surface area contributed by atoms with E-state index in [0.717, 1.165) is 32.6 Å². The number of carbonyl (C=O) groups is 1. The van der Waals surface area contributed by atoms with Crippen molar-refractivity contribution in [3.8, 4) is 5.75 Å². The number of halogens is 2. The summed E-state index contributed by atoms with van der Waals surface area (Å²) in [5, 5.41) is 3.43. The molecule has 1 aromatic carbocycles. The first-order valence-corrected chi connectivity index (χ1v) is 7.46. The number of ether oxygens (including phenoxy) is 2. The van der Waals surface area contributed by atoms with Crippen LogP contribution in [0.25, 0.3) is 0 Å². The van der Waals surface area contributed by atoms with Crippen LogP contribution in [0.3, 0.4) is 0 Å². The normalized spacial score (nSPS) is 17.6. The van der Waals surface area contributed by atoms with Crippen LogP contribution >= 0.6 is 24.8 Å². The highest BCUT2D eigenvalue weighted by Crippen LogP contribution is 2.14. The van der Waals surface area contributed by atoms with Gasteiger partial charge in [0.1, 0.15) is 5.75 Å². The maximum absolute atomic E-state index is 11.4. The number of nitrogens with one attached hydrogen (secondary N) is 1. The van der Waals surface area contributed by atoms with Gasteiger partial charge in [-0.2, -0.15) is 0 Å². The standard InChI is InChI=1S/C16H24N2O3.2ClH/c1-13-12-18(9-7-17-13)8-4-10-21-15-6-3-5-14(11-15)16(19)20-2;;/h3,5-6,11,13,17H,4,7-10,12H2,1-2H3;2*1H/t13-;;/m0../s1. The lowest BCUT2D eigenvalue weighted by atomic mass is 10.2. The molecule has 1 saturated heterocycles. The second-order valence-electron chi connectivity index (χ2n) is 5.38. The number of rotatable bonds is 6. The first kappa shape index (κ1) is 22.0. The minimum absolute atomic E-state index is 0. The van der Waals surface area contributed by atoms with E-state index in [0.29, 0.717) is 24.0 Å². The van der Waals surface area contributed by atoms with E-state index in [1.807, 2.05) is 6.07 Å². The maximum atomic E-state index is 11.4. The van der Waals surface area contributed by atoms with Crippen molar-refractivity contribution in [3.63, 3.8) is 0 Å². The van der Waals surface area contributed by atoms with Crippen molar-refractivity contribution < 1.29 is 14.3 Å². The van der Waals surface area contributed by atoms with E-state index in [4.69, 9.17) is 9.47 Å². The summed E-state index contributed by atoms with van der Waals surface area (Å²) in [6.45, 7) is 7.16. The molecule has 2 rings (SSSR count). The third-order valence-electron chi connectivity index (χ3n) is 3.60. The zero-order valence-corrected chi connectivity index (χ0v) is 15.3. The minimum atomic E-state index is -0.338. The summed E-state index contributed by atoms with van der Waals surface area (Å²) >= 11 is 0. The van der Waals surface area contributed by atoms with Crippen LogP contribution in [0.1, 0.15) is 23.7 Å². The molecule has 0 unspecified atom stereocenters. The molecule has 0 aliphatic carbocycles. The van der Waals surface area contributed by atoms with Crippen LogP contribution in [-0.2, 0) is 4.74 Å². The van der Waals surface area contributed by atoms with Crippen molar-refractivity contribution >= 4 is 30.8 Å². The van der Waals surface area contributed by atoms with E-state index in [1.165, 1.54) is 7.11 Å². The van der Waals surface area contributed by atoms with Crippen LogP contribution in [0.5, 0.6) is 5.75 Å². The third kappa shape index (κ3) is 7.40. The van der Waals surface area contributed by atoms with Crippen molar-refractivity contribution in [2.24, 2.45) is 0 Å². The summed E-state index contributed by atoms with van der Waals surface area (Å²) < 4.78 is 10.4. The van der Waals surface area contributed by atoms with E-state index < -0.39 is 0 Å². The second-order valence-corrected chi connectivity index (χ2v) is 5.38. The van der Waals surface area contributed by atoms with Crippen LogP contribution in [-0.4, -0.2) is 56.8 Å². The van der Waals surface area contributed by atoms with Gasteiger partial charge in [0.05, 0.1) is 19.3 Å². The number of esters is 1. The van der Waals surface area contributed by atoms with Crippen LogP contribution < -0.4 is 10.1 Å². The number of nitrogens with zero attached hydrogens (tertiary/aromatic N) is 1. The van der Waals surface area contributed by atoms with Crippen molar-refractivity contribution in [1.82, 2.24) is 10.2 Å². The number of hydrogen-bond acceptors (Lipinski definition) is 5. The van der Waals surface area contributed by atoms with Gasteiger partial charge in [-0.3, -0.25) is 0 Å². The first-order valence-electron chi connectivity index (χ1n) is 7.46. The Bertz CT molecular complexity index is 474. The summed E-state index contributed by atoms with van der Waals surface area (Å²) in [5.74, 6) is 0.377. The number of carbonyl (C=O) groups excluding carboxylic acids is 1. The van der Waals surface area contributed by atoms with Crippen LogP contribution in [0, 0.1) is 0 Å². The topological polar surface area (TPSA) is 50.8 Å². The van der Waals surface area contributed by atoms with Gasteiger partial charge in [-0.05, 0) is 31.5 Å². The van der Waals surface area contributed by atoms with Gasteiger partial charge in [-0.15, -0.1) is 24.8 Å². The lowest BCUT2D eigenvalue weighted by Gasteiger charge is -2.31. The summed E-state index contributed by atoms with van der Waals surface area (Å²) in [5.41, 5.74) is 0.519. The Labute approximate surface area is 150 Å². The molecular weight excluding hydrogens is 339 g/mol. The second kappa shape index (κ2) is 11.5. The smallest absolute Gasteiger partial charge is 0.337 e. The number of methoxy groups -OCH3 is 1. The van der Waals surface area contributed by atoms with Crippen molar-refractivity contribution in [2.45, 2.75) is 19.4 Å². The summed E-state index contributed by atoms with van der Waals surface area (Å²) in [6.07, 6.45) is 0.981. The molecule has 0 spiro atoms. The fourth-order valence-corrected chi connectivity index (χ4v) is 2.52. The molecular formula is C16H26Cl2N2O3. The average Bonchev–Trinajstić information content (AvgIpc) is 2.51. The fraction of sp³-hybridized carbons (Fsp3) is 0.562. The number of benzene rings is 1. The molecule has 23 heavy (non-hydrogen) atoms. The minimum Gasteiger partial charge on any atom is -0.494 e. The van der Waals surface area contributed by atoms with Gasteiger partial charge in [-0.25, -0.2) is 4.79 Å². The van der Waals surface area contributed by atoms with E-state index in [9.17, 15) is 4.79 Å². The Hall–Kier alpha value is -1.01. The molecule has 7 heteroatoms. The third-order valence-corrected chi connectivity index (χ3v) is 3.60. The van der Waals surface area contributed by atoms with Gasteiger partial charge in [0.2, 0.25) is 0 Å². The molecule has 1 heterocycles. The van der Waals surface area contributed by atoms with Gasteiger partial charge in [0.15, 0.2) is 0 Å². The van der Waals surface area contributed by atoms with E-state index in [1.54, 1.807) is 18.2 Å². The molecule has 1 aromatic rings. The summed E-state index contributed by atoms with van der Waals surface area (Å²) in [7, 11) is 1.38. The quantitative estimate of drug-likeness (QED) is 0.620. The van der Waals surface area contributed by atoms with Gasteiger partial charge >= 0.3 is 5.97 Å². The Morgan fingerprint density at radius 3 is 2.87 bits per heavy atom. The Morgan fingerprint density at radius 2 is 2.17 bits per heavy atom. The molecule has 0 bridgehead atoms. The largest absolute Gasteiger partial charge is 0.494 e. The highest BCUT2D eigenvalue weighted by atomic mass is 35.5. The van der Waals surface area contributed by atoms with Crippen molar-refractivity contribution in [1.29, 1.82) is 0 Å². The van der Waals surface area contributed by atoms with E-state index in [2.05, 4.69) is 17.1 Å². The van der Waals surface area contributed by atoms with Gasteiger partial charge < -0.3 is 19.7 Å². The maximum Gasteiger partial charge on any atom is 0.337 e. The molecule has 132 valence electrons. The molecule has 0 radical (unpaired) electrons.